The van der Waals surface area contributed by atoms with Crippen molar-refractivity contribution in [1.29, 1.82) is 0 Å². The summed E-state index contributed by atoms with van der Waals surface area (Å²) in [5.41, 5.74) is 2.12. The minimum atomic E-state index is 0.0595. The average molecular weight is 412 g/mol. The van der Waals surface area contributed by atoms with Gasteiger partial charge in [0.15, 0.2) is 0 Å². The molecule has 0 N–H and O–H groups in total. The van der Waals surface area contributed by atoms with Gasteiger partial charge in [-0.15, -0.1) is 0 Å². The van der Waals surface area contributed by atoms with Crippen molar-refractivity contribution in [3.63, 3.8) is 0 Å². The highest BCUT2D eigenvalue weighted by Gasteiger charge is 2.42. The van der Waals surface area contributed by atoms with Crippen LogP contribution >= 0.6 is 0 Å². The van der Waals surface area contributed by atoms with Crippen molar-refractivity contribution in [2.75, 3.05) is 32.8 Å². The van der Waals surface area contributed by atoms with Gasteiger partial charge in [0.25, 0.3) is 5.91 Å². The number of para-hydroxylation sites is 1. The Morgan fingerprint density at radius 3 is 2.63 bits per heavy atom. The van der Waals surface area contributed by atoms with Crippen LogP contribution in [0.4, 0.5) is 0 Å². The molecular weight excluding hydrogens is 378 g/mol. The number of piperidine rings is 1. The molecule has 0 saturated carbocycles. The molecule has 2 saturated heterocycles. The van der Waals surface area contributed by atoms with E-state index >= 15 is 0 Å². The van der Waals surface area contributed by atoms with E-state index in [1.54, 1.807) is 13.1 Å². The van der Waals surface area contributed by atoms with E-state index < -0.39 is 0 Å². The highest BCUT2D eigenvalue weighted by atomic mass is 16.5. The van der Waals surface area contributed by atoms with E-state index in [-0.39, 0.29) is 11.3 Å². The first-order chi connectivity index (χ1) is 14.5. The van der Waals surface area contributed by atoms with Crippen molar-refractivity contribution in [2.24, 2.45) is 11.3 Å². The zero-order chi connectivity index (χ0) is 21.1. The van der Waals surface area contributed by atoms with Crippen LogP contribution in [0.2, 0.25) is 0 Å². The van der Waals surface area contributed by atoms with Gasteiger partial charge in [0.2, 0.25) is 0 Å². The van der Waals surface area contributed by atoms with Gasteiger partial charge in [-0.1, -0.05) is 37.2 Å². The summed E-state index contributed by atoms with van der Waals surface area (Å²) in [5.74, 6) is 2.19. The largest absolute Gasteiger partial charge is 0.493 e. The monoisotopic (exact) mass is 411 g/mol. The number of carbonyl (C=O) groups is 1. The first-order valence-corrected chi connectivity index (χ1v) is 11.1. The molecule has 1 amide bonds. The lowest BCUT2D eigenvalue weighted by atomic mass is 9.77. The minimum absolute atomic E-state index is 0.0595. The molecule has 30 heavy (non-hydrogen) atoms. The van der Waals surface area contributed by atoms with Crippen LogP contribution in [-0.2, 0) is 6.54 Å². The third-order valence-corrected chi connectivity index (χ3v) is 6.56. The molecule has 2 aliphatic rings. The molecule has 1 spiro atoms. The zero-order valence-electron chi connectivity index (χ0n) is 18.4. The van der Waals surface area contributed by atoms with Gasteiger partial charge in [-0.05, 0) is 56.7 Å². The number of aromatic nitrogens is 1. The van der Waals surface area contributed by atoms with Gasteiger partial charge in [0.05, 0.1) is 12.8 Å². The molecule has 0 aliphatic carbocycles. The second kappa shape index (κ2) is 8.80. The Morgan fingerprint density at radius 2 is 1.93 bits per heavy atom. The van der Waals surface area contributed by atoms with E-state index in [1.165, 1.54) is 5.56 Å². The number of rotatable bonds is 6. The topological polar surface area (TPSA) is 58.8 Å². The van der Waals surface area contributed by atoms with Crippen molar-refractivity contribution in [3.8, 4) is 5.75 Å². The lowest BCUT2D eigenvalue weighted by Gasteiger charge is -2.39. The molecule has 2 aromatic rings. The number of carbonyl (C=O) groups excluding carboxylic acids is 1. The van der Waals surface area contributed by atoms with Gasteiger partial charge >= 0.3 is 0 Å². The minimum Gasteiger partial charge on any atom is -0.493 e. The van der Waals surface area contributed by atoms with Crippen molar-refractivity contribution < 1.29 is 14.1 Å². The zero-order valence-corrected chi connectivity index (χ0v) is 18.4. The van der Waals surface area contributed by atoms with E-state index in [4.69, 9.17) is 9.26 Å². The number of benzene rings is 1. The Kier molecular flexibility index (Phi) is 6.14. The highest BCUT2D eigenvalue weighted by molar-refractivity contribution is 5.95. The number of aryl methyl sites for hydroxylation is 1. The summed E-state index contributed by atoms with van der Waals surface area (Å²) >= 11 is 0. The van der Waals surface area contributed by atoms with Crippen LogP contribution in [0.1, 0.15) is 54.8 Å². The fourth-order valence-electron chi connectivity index (χ4n) is 4.65. The highest BCUT2D eigenvalue weighted by Crippen LogP contribution is 2.41. The summed E-state index contributed by atoms with van der Waals surface area (Å²) in [5, 5.41) is 3.76. The summed E-state index contributed by atoms with van der Waals surface area (Å²) in [6, 6.07) is 8.40. The lowest BCUT2D eigenvalue weighted by Crippen LogP contribution is -2.42. The van der Waals surface area contributed by atoms with E-state index in [1.807, 2.05) is 11.0 Å². The van der Waals surface area contributed by atoms with Crippen molar-refractivity contribution in [1.82, 2.24) is 15.0 Å². The third kappa shape index (κ3) is 4.53. The third-order valence-electron chi connectivity index (χ3n) is 6.56. The second-order valence-corrected chi connectivity index (χ2v) is 9.36. The van der Waals surface area contributed by atoms with Crippen LogP contribution in [-0.4, -0.2) is 53.6 Å². The molecule has 0 unspecified atom stereocenters. The van der Waals surface area contributed by atoms with Gasteiger partial charge in [-0.25, -0.2) is 0 Å². The molecule has 0 bridgehead atoms. The predicted octanol–water partition coefficient (Wildman–Crippen LogP) is 4.15. The number of amides is 1. The quantitative estimate of drug-likeness (QED) is 0.715. The van der Waals surface area contributed by atoms with Crippen LogP contribution in [0.25, 0.3) is 0 Å². The summed E-state index contributed by atoms with van der Waals surface area (Å²) in [4.78, 5) is 17.3. The lowest BCUT2D eigenvalue weighted by molar-refractivity contribution is 0.0711. The molecule has 0 atom stereocenters. The van der Waals surface area contributed by atoms with Crippen molar-refractivity contribution in [2.45, 2.75) is 46.6 Å². The fourth-order valence-corrected chi connectivity index (χ4v) is 4.65. The molecular formula is C24H33N3O3. The van der Waals surface area contributed by atoms with E-state index in [9.17, 15) is 4.79 Å². The summed E-state index contributed by atoms with van der Waals surface area (Å²) < 4.78 is 11.1. The molecule has 2 fully saturated rings. The number of hydrogen-bond donors (Lipinski definition) is 0. The summed E-state index contributed by atoms with van der Waals surface area (Å²) in [7, 11) is 0. The molecule has 162 valence electrons. The van der Waals surface area contributed by atoms with Gasteiger partial charge in [-0.2, -0.15) is 0 Å². The van der Waals surface area contributed by atoms with Crippen LogP contribution < -0.4 is 4.74 Å². The molecule has 0 radical (unpaired) electrons. The molecule has 6 heteroatoms. The van der Waals surface area contributed by atoms with E-state index in [0.29, 0.717) is 17.2 Å². The van der Waals surface area contributed by atoms with Crippen LogP contribution in [0, 0.1) is 18.3 Å². The normalized spacial score (nSPS) is 19.0. The Bertz CT molecular complexity index is 868. The van der Waals surface area contributed by atoms with E-state index in [0.717, 1.165) is 64.3 Å². The van der Waals surface area contributed by atoms with Crippen molar-refractivity contribution in [3.05, 3.63) is 47.3 Å². The number of likely N-dealkylation sites (tertiary alicyclic amines) is 2. The number of ether oxygens (including phenoxy) is 1. The van der Waals surface area contributed by atoms with Crippen LogP contribution in [0.5, 0.6) is 5.75 Å². The average Bonchev–Trinajstić information content (AvgIpc) is 3.35. The Morgan fingerprint density at radius 1 is 1.20 bits per heavy atom. The van der Waals surface area contributed by atoms with Gasteiger partial charge in [-0.3, -0.25) is 9.69 Å². The Labute approximate surface area is 179 Å². The maximum absolute atomic E-state index is 12.8. The molecule has 2 aliphatic heterocycles. The first kappa shape index (κ1) is 20.9. The second-order valence-electron chi connectivity index (χ2n) is 9.36. The van der Waals surface area contributed by atoms with Gasteiger partial charge in [0, 0.05) is 25.2 Å². The van der Waals surface area contributed by atoms with E-state index in [2.05, 4.69) is 42.1 Å². The van der Waals surface area contributed by atoms with Crippen LogP contribution in [0.3, 0.4) is 0 Å². The van der Waals surface area contributed by atoms with Gasteiger partial charge < -0.3 is 14.2 Å². The molecule has 6 nitrogen and oxygen atoms in total. The van der Waals surface area contributed by atoms with Crippen LogP contribution in [0.15, 0.2) is 35.0 Å². The fraction of sp³-hybridized carbons (Fsp3) is 0.583. The SMILES string of the molecule is Cc1oncc1C(=O)N1CCC2(CCN(Cc3ccccc3OCC(C)C)CC2)C1. The maximum atomic E-state index is 12.8. The summed E-state index contributed by atoms with van der Waals surface area (Å²) in [6.07, 6.45) is 4.90. The Balaban J connectivity index is 1.33. The van der Waals surface area contributed by atoms with Crippen molar-refractivity contribution >= 4 is 5.91 Å². The maximum Gasteiger partial charge on any atom is 0.259 e. The number of hydrogen-bond acceptors (Lipinski definition) is 5. The molecule has 1 aromatic heterocycles. The first-order valence-electron chi connectivity index (χ1n) is 11.1. The predicted molar refractivity (Wildman–Crippen MR) is 115 cm³/mol. The summed E-state index contributed by atoms with van der Waals surface area (Å²) in [6.45, 7) is 11.6. The standard InChI is InChI=1S/C24H33N3O3/c1-18(2)16-29-22-7-5-4-6-20(22)15-26-11-8-24(9-12-26)10-13-27(17-24)23(28)21-14-25-30-19(21)3/h4-7,14,18H,8-13,15-17H2,1-3H3. The molecule has 1 aromatic carbocycles. The molecule has 3 heterocycles. The molecule has 4 rings (SSSR count). The van der Waals surface area contributed by atoms with Gasteiger partial charge in [0.1, 0.15) is 17.1 Å². The smallest absolute Gasteiger partial charge is 0.259 e. The Hall–Kier alpha value is -2.34. The number of nitrogens with zero attached hydrogens (tertiary/aromatic N) is 3.